The summed E-state index contributed by atoms with van der Waals surface area (Å²) in [6.07, 6.45) is 5.59. The lowest BCUT2D eigenvalue weighted by Crippen LogP contribution is -2.33. The predicted octanol–water partition coefficient (Wildman–Crippen LogP) is 2.35. The second-order valence-corrected chi connectivity index (χ2v) is 5.05. The zero-order valence-corrected chi connectivity index (χ0v) is 11.5. The maximum Gasteiger partial charge on any atom is 0.335 e. The van der Waals surface area contributed by atoms with Crippen LogP contribution in [0.4, 0.5) is 0 Å². The maximum atomic E-state index is 12.0. The van der Waals surface area contributed by atoms with Crippen LogP contribution in [-0.2, 0) is 4.79 Å². The Morgan fingerprint density at radius 2 is 1.86 bits per heavy atom. The lowest BCUT2D eigenvalue weighted by Gasteiger charge is -2.10. The lowest BCUT2D eigenvalue weighted by molar-refractivity contribution is -0.117. The number of benzene rings is 1. The van der Waals surface area contributed by atoms with Crippen molar-refractivity contribution in [1.29, 1.82) is 5.26 Å². The van der Waals surface area contributed by atoms with Gasteiger partial charge in [-0.05, 0) is 36.6 Å². The molecule has 2 rings (SSSR count). The van der Waals surface area contributed by atoms with Crippen LogP contribution in [0.5, 0.6) is 0 Å². The zero-order valence-electron chi connectivity index (χ0n) is 11.5. The molecule has 0 aromatic heterocycles. The van der Waals surface area contributed by atoms with Crippen LogP contribution in [0.1, 0.15) is 41.6 Å². The van der Waals surface area contributed by atoms with E-state index in [9.17, 15) is 9.59 Å². The first kappa shape index (κ1) is 14.8. The summed E-state index contributed by atoms with van der Waals surface area (Å²) in [6, 6.07) is 8.08. The third-order valence-electron chi connectivity index (χ3n) is 3.52. The van der Waals surface area contributed by atoms with Gasteiger partial charge in [-0.15, -0.1) is 0 Å². The van der Waals surface area contributed by atoms with E-state index in [2.05, 4.69) is 5.32 Å². The predicted molar refractivity (Wildman–Crippen MR) is 77.4 cm³/mol. The van der Waals surface area contributed by atoms with Crippen molar-refractivity contribution in [3.8, 4) is 6.07 Å². The smallest absolute Gasteiger partial charge is 0.335 e. The number of nitrogens with zero attached hydrogens (tertiary/aromatic N) is 1. The van der Waals surface area contributed by atoms with Crippen molar-refractivity contribution in [3.63, 3.8) is 0 Å². The molecule has 1 aliphatic rings. The highest BCUT2D eigenvalue weighted by molar-refractivity contribution is 6.01. The van der Waals surface area contributed by atoms with E-state index < -0.39 is 5.97 Å². The van der Waals surface area contributed by atoms with E-state index in [-0.39, 0.29) is 23.1 Å². The molecule has 1 amide bonds. The number of nitriles is 1. The summed E-state index contributed by atoms with van der Waals surface area (Å²) >= 11 is 0. The number of carboxylic acid groups (broad SMARTS) is 1. The van der Waals surface area contributed by atoms with Crippen LogP contribution in [0.3, 0.4) is 0 Å². The van der Waals surface area contributed by atoms with Gasteiger partial charge in [0, 0.05) is 6.04 Å². The number of hydrogen-bond donors (Lipinski definition) is 2. The van der Waals surface area contributed by atoms with Crippen LogP contribution < -0.4 is 5.32 Å². The quantitative estimate of drug-likeness (QED) is 0.656. The number of aromatic carboxylic acids is 1. The minimum absolute atomic E-state index is 0.0324. The van der Waals surface area contributed by atoms with E-state index in [0.29, 0.717) is 5.56 Å². The van der Waals surface area contributed by atoms with Crippen molar-refractivity contribution >= 4 is 18.0 Å². The third kappa shape index (κ3) is 3.93. The van der Waals surface area contributed by atoms with Crippen molar-refractivity contribution in [2.45, 2.75) is 31.7 Å². The Balaban J connectivity index is 2.10. The van der Waals surface area contributed by atoms with E-state index in [1.54, 1.807) is 12.1 Å². The van der Waals surface area contributed by atoms with Gasteiger partial charge in [-0.3, -0.25) is 4.79 Å². The van der Waals surface area contributed by atoms with Crippen LogP contribution in [0, 0.1) is 11.3 Å². The summed E-state index contributed by atoms with van der Waals surface area (Å²) in [4.78, 5) is 22.8. The molecular weight excluding hydrogens is 268 g/mol. The maximum absolute atomic E-state index is 12.0. The van der Waals surface area contributed by atoms with Gasteiger partial charge in [-0.2, -0.15) is 5.26 Å². The normalized spacial score (nSPS) is 15.5. The molecular formula is C16H16N2O3. The fourth-order valence-electron chi connectivity index (χ4n) is 2.37. The standard InChI is InChI=1S/C16H16N2O3/c17-10-13(15(19)18-14-3-1-2-4-14)9-11-5-7-12(8-6-11)16(20)21/h5-9,14H,1-4H2,(H,18,19)(H,20,21)/b13-9+. The molecule has 108 valence electrons. The molecule has 0 spiro atoms. The average molecular weight is 284 g/mol. The van der Waals surface area contributed by atoms with Crippen molar-refractivity contribution in [3.05, 3.63) is 41.0 Å². The monoisotopic (exact) mass is 284 g/mol. The summed E-state index contributed by atoms with van der Waals surface area (Å²) in [5.41, 5.74) is 0.823. The SMILES string of the molecule is N#C/C(=C\c1ccc(C(=O)O)cc1)C(=O)NC1CCCC1. The topological polar surface area (TPSA) is 90.2 Å². The highest BCUT2D eigenvalue weighted by Gasteiger charge is 2.19. The Morgan fingerprint density at radius 3 is 2.38 bits per heavy atom. The van der Waals surface area contributed by atoms with Crippen LogP contribution in [0.25, 0.3) is 6.08 Å². The van der Waals surface area contributed by atoms with Crippen LogP contribution in [-0.4, -0.2) is 23.0 Å². The fraction of sp³-hybridized carbons (Fsp3) is 0.312. The lowest BCUT2D eigenvalue weighted by atomic mass is 10.1. The van der Waals surface area contributed by atoms with Gasteiger partial charge in [0.05, 0.1) is 5.56 Å². The molecule has 1 aromatic carbocycles. The van der Waals surface area contributed by atoms with Gasteiger partial charge in [0.25, 0.3) is 5.91 Å². The van der Waals surface area contributed by atoms with Crippen molar-refractivity contribution in [2.24, 2.45) is 0 Å². The molecule has 0 radical (unpaired) electrons. The Labute approximate surface area is 122 Å². The largest absolute Gasteiger partial charge is 0.478 e. The number of carboxylic acids is 1. The molecule has 1 saturated carbocycles. The highest BCUT2D eigenvalue weighted by atomic mass is 16.4. The number of carbonyl (C=O) groups is 2. The van der Waals surface area contributed by atoms with Gasteiger partial charge in [0.2, 0.25) is 0 Å². The second-order valence-electron chi connectivity index (χ2n) is 5.05. The molecule has 1 fully saturated rings. The Morgan fingerprint density at radius 1 is 1.24 bits per heavy atom. The number of carbonyl (C=O) groups excluding carboxylic acids is 1. The second kappa shape index (κ2) is 6.71. The summed E-state index contributed by atoms with van der Waals surface area (Å²) in [6.45, 7) is 0. The van der Waals surface area contributed by atoms with Gasteiger partial charge >= 0.3 is 5.97 Å². The summed E-state index contributed by atoms with van der Waals surface area (Å²) in [5, 5.41) is 20.8. The summed E-state index contributed by atoms with van der Waals surface area (Å²) in [7, 11) is 0. The molecule has 0 bridgehead atoms. The van der Waals surface area contributed by atoms with E-state index >= 15 is 0 Å². The molecule has 5 heteroatoms. The van der Waals surface area contributed by atoms with Gasteiger partial charge in [-0.25, -0.2) is 4.79 Å². The van der Waals surface area contributed by atoms with E-state index in [0.717, 1.165) is 25.7 Å². The molecule has 0 heterocycles. The van der Waals surface area contributed by atoms with Crippen LogP contribution in [0.2, 0.25) is 0 Å². The number of hydrogen-bond acceptors (Lipinski definition) is 3. The highest BCUT2D eigenvalue weighted by Crippen LogP contribution is 2.18. The van der Waals surface area contributed by atoms with Gasteiger partial charge in [0.15, 0.2) is 0 Å². The summed E-state index contributed by atoms with van der Waals surface area (Å²) < 4.78 is 0. The molecule has 0 aliphatic heterocycles. The molecule has 0 atom stereocenters. The first-order chi connectivity index (χ1) is 10.1. The van der Waals surface area contributed by atoms with Crippen molar-refractivity contribution in [1.82, 2.24) is 5.32 Å². The Hall–Kier alpha value is -2.61. The number of nitrogens with one attached hydrogen (secondary N) is 1. The van der Waals surface area contributed by atoms with E-state index in [1.165, 1.54) is 18.2 Å². The van der Waals surface area contributed by atoms with Crippen molar-refractivity contribution in [2.75, 3.05) is 0 Å². The Kier molecular flexibility index (Phi) is 4.72. The van der Waals surface area contributed by atoms with Gasteiger partial charge in [0.1, 0.15) is 11.6 Å². The first-order valence-corrected chi connectivity index (χ1v) is 6.86. The van der Waals surface area contributed by atoms with Crippen LogP contribution >= 0.6 is 0 Å². The number of rotatable bonds is 4. The van der Waals surface area contributed by atoms with Crippen LogP contribution in [0.15, 0.2) is 29.8 Å². The van der Waals surface area contributed by atoms with Crippen molar-refractivity contribution < 1.29 is 14.7 Å². The molecule has 0 saturated heterocycles. The summed E-state index contributed by atoms with van der Waals surface area (Å²) in [5.74, 6) is -1.38. The van der Waals surface area contributed by atoms with Gasteiger partial charge in [-0.1, -0.05) is 25.0 Å². The third-order valence-corrected chi connectivity index (χ3v) is 3.52. The fourth-order valence-corrected chi connectivity index (χ4v) is 2.37. The first-order valence-electron chi connectivity index (χ1n) is 6.86. The Bertz CT molecular complexity index is 605. The zero-order chi connectivity index (χ0) is 15.2. The molecule has 1 aromatic rings. The average Bonchev–Trinajstić information content (AvgIpc) is 2.98. The number of amides is 1. The molecule has 5 nitrogen and oxygen atoms in total. The molecule has 0 unspecified atom stereocenters. The van der Waals surface area contributed by atoms with Gasteiger partial charge < -0.3 is 10.4 Å². The molecule has 21 heavy (non-hydrogen) atoms. The minimum atomic E-state index is -1.01. The van der Waals surface area contributed by atoms with E-state index in [1.807, 2.05) is 6.07 Å². The van der Waals surface area contributed by atoms with E-state index in [4.69, 9.17) is 10.4 Å². The molecule has 2 N–H and O–H groups in total. The minimum Gasteiger partial charge on any atom is -0.478 e. The molecule has 1 aliphatic carbocycles.